The number of carboxylic acids is 2. The van der Waals surface area contributed by atoms with Gasteiger partial charge in [-0.25, -0.2) is 9.59 Å². The molecule has 1 rings (SSSR count). The van der Waals surface area contributed by atoms with Gasteiger partial charge in [0.05, 0.1) is 0 Å². The number of carboxylic acid groups (broad SMARTS) is 2. The molecule has 1 aliphatic rings. The summed E-state index contributed by atoms with van der Waals surface area (Å²) in [5.41, 5.74) is 0. The molecular weight excluding hydrogens is 264 g/mol. The number of amides is 2. The Labute approximate surface area is 117 Å². The number of urea groups is 1. The molecule has 7 heteroatoms. The number of nitrogens with one attached hydrogen (secondary N) is 2. The van der Waals surface area contributed by atoms with Crippen LogP contribution in [-0.2, 0) is 9.59 Å². The van der Waals surface area contributed by atoms with Crippen LogP contribution in [0.1, 0.15) is 39.0 Å². The van der Waals surface area contributed by atoms with Crippen molar-refractivity contribution in [2.75, 3.05) is 6.54 Å². The van der Waals surface area contributed by atoms with Crippen LogP contribution in [0.2, 0.25) is 0 Å². The Hall–Kier alpha value is -1.79. The average Bonchev–Trinajstić information content (AvgIpc) is 2.77. The van der Waals surface area contributed by atoms with Gasteiger partial charge in [0.25, 0.3) is 0 Å². The lowest BCUT2D eigenvalue weighted by Gasteiger charge is -2.18. The molecule has 3 atom stereocenters. The molecule has 0 bridgehead atoms. The van der Waals surface area contributed by atoms with Gasteiger partial charge in [-0.2, -0.15) is 0 Å². The van der Waals surface area contributed by atoms with Crippen molar-refractivity contribution in [2.24, 2.45) is 11.8 Å². The molecule has 2 amide bonds. The Bertz CT molecular complexity index is 372. The molecule has 0 aromatic rings. The first-order valence-corrected chi connectivity index (χ1v) is 6.89. The molecular formula is C13H22N2O5. The van der Waals surface area contributed by atoms with Crippen LogP contribution < -0.4 is 10.6 Å². The van der Waals surface area contributed by atoms with E-state index in [1.807, 2.05) is 0 Å². The van der Waals surface area contributed by atoms with Gasteiger partial charge in [-0.3, -0.25) is 4.79 Å². The summed E-state index contributed by atoms with van der Waals surface area (Å²) in [5.74, 6) is -1.31. The van der Waals surface area contributed by atoms with E-state index in [0.29, 0.717) is 18.4 Å². The van der Waals surface area contributed by atoms with E-state index in [2.05, 4.69) is 17.6 Å². The van der Waals surface area contributed by atoms with Crippen molar-refractivity contribution in [3.63, 3.8) is 0 Å². The van der Waals surface area contributed by atoms with E-state index in [1.54, 1.807) is 0 Å². The second-order valence-electron chi connectivity index (χ2n) is 5.35. The summed E-state index contributed by atoms with van der Waals surface area (Å²) >= 11 is 0. The maximum absolute atomic E-state index is 11.6. The highest BCUT2D eigenvalue weighted by molar-refractivity contribution is 5.82. The zero-order chi connectivity index (χ0) is 15.1. The van der Waals surface area contributed by atoms with Crippen LogP contribution >= 0.6 is 0 Å². The van der Waals surface area contributed by atoms with Gasteiger partial charge in [0.1, 0.15) is 6.04 Å². The third-order valence-corrected chi connectivity index (χ3v) is 3.81. The highest BCUT2D eigenvalue weighted by Gasteiger charge is 2.25. The summed E-state index contributed by atoms with van der Waals surface area (Å²) in [6.45, 7) is 2.67. The monoisotopic (exact) mass is 286 g/mol. The molecule has 7 nitrogen and oxygen atoms in total. The van der Waals surface area contributed by atoms with E-state index in [9.17, 15) is 14.4 Å². The van der Waals surface area contributed by atoms with Gasteiger partial charge in [0.15, 0.2) is 0 Å². The van der Waals surface area contributed by atoms with Crippen molar-refractivity contribution in [2.45, 2.75) is 45.1 Å². The van der Waals surface area contributed by atoms with Gasteiger partial charge >= 0.3 is 18.0 Å². The maximum atomic E-state index is 11.6. The topological polar surface area (TPSA) is 116 Å². The highest BCUT2D eigenvalue weighted by Crippen LogP contribution is 2.30. The van der Waals surface area contributed by atoms with Gasteiger partial charge in [0, 0.05) is 13.0 Å². The predicted molar refractivity (Wildman–Crippen MR) is 71.3 cm³/mol. The molecule has 0 spiro atoms. The molecule has 3 unspecified atom stereocenters. The largest absolute Gasteiger partial charge is 0.481 e. The van der Waals surface area contributed by atoms with Crippen molar-refractivity contribution in [1.82, 2.24) is 10.6 Å². The molecule has 0 heterocycles. The van der Waals surface area contributed by atoms with Crippen LogP contribution in [0.15, 0.2) is 0 Å². The van der Waals surface area contributed by atoms with Crippen LogP contribution in [-0.4, -0.2) is 40.8 Å². The number of aliphatic carboxylic acids is 2. The molecule has 0 aromatic carbocycles. The number of hydrogen-bond donors (Lipinski definition) is 4. The zero-order valence-corrected chi connectivity index (χ0v) is 11.6. The van der Waals surface area contributed by atoms with E-state index in [1.165, 1.54) is 0 Å². The van der Waals surface area contributed by atoms with Crippen molar-refractivity contribution in [3.8, 4) is 0 Å². The van der Waals surface area contributed by atoms with Gasteiger partial charge in [0.2, 0.25) is 0 Å². The Kier molecular flexibility index (Phi) is 6.27. The fourth-order valence-electron chi connectivity index (χ4n) is 2.48. The number of rotatable bonds is 7. The molecule has 114 valence electrons. The van der Waals surface area contributed by atoms with Gasteiger partial charge in [-0.15, -0.1) is 0 Å². The minimum absolute atomic E-state index is 0.127. The maximum Gasteiger partial charge on any atom is 0.326 e. The van der Waals surface area contributed by atoms with Gasteiger partial charge < -0.3 is 20.8 Å². The number of hydrogen-bond acceptors (Lipinski definition) is 3. The summed E-state index contributed by atoms with van der Waals surface area (Å²) in [6.07, 6.45) is 2.97. The predicted octanol–water partition coefficient (Wildman–Crippen LogP) is 1.04. The SMILES string of the molecule is CC1CCCC1CNC(=O)NC(CCC(=O)O)C(=O)O. The first-order valence-electron chi connectivity index (χ1n) is 6.89. The third-order valence-electron chi connectivity index (χ3n) is 3.81. The van der Waals surface area contributed by atoms with E-state index < -0.39 is 24.0 Å². The third kappa shape index (κ3) is 5.46. The fraction of sp³-hybridized carbons (Fsp3) is 0.769. The van der Waals surface area contributed by atoms with E-state index in [0.717, 1.165) is 19.3 Å². The molecule has 0 aliphatic heterocycles. The second kappa shape index (κ2) is 7.72. The van der Waals surface area contributed by atoms with E-state index in [-0.39, 0.29) is 12.8 Å². The first-order chi connectivity index (χ1) is 9.40. The minimum Gasteiger partial charge on any atom is -0.481 e. The second-order valence-corrected chi connectivity index (χ2v) is 5.35. The molecule has 1 fully saturated rings. The Morgan fingerprint density at radius 2 is 1.95 bits per heavy atom. The molecule has 0 radical (unpaired) electrons. The lowest BCUT2D eigenvalue weighted by Crippen LogP contribution is -2.47. The summed E-state index contributed by atoms with van der Waals surface area (Å²) in [6, 6.07) is -1.73. The summed E-state index contributed by atoms with van der Waals surface area (Å²) in [5, 5.41) is 22.4. The summed E-state index contributed by atoms with van der Waals surface area (Å²) < 4.78 is 0. The van der Waals surface area contributed by atoms with Crippen molar-refractivity contribution < 1.29 is 24.6 Å². The van der Waals surface area contributed by atoms with Crippen LogP contribution in [0.3, 0.4) is 0 Å². The van der Waals surface area contributed by atoms with Gasteiger partial charge in [-0.1, -0.05) is 19.8 Å². The molecule has 1 aliphatic carbocycles. The molecule has 20 heavy (non-hydrogen) atoms. The van der Waals surface area contributed by atoms with E-state index in [4.69, 9.17) is 10.2 Å². The van der Waals surface area contributed by atoms with Crippen molar-refractivity contribution in [1.29, 1.82) is 0 Å². The molecule has 0 saturated heterocycles. The normalized spacial score (nSPS) is 23.1. The van der Waals surface area contributed by atoms with Crippen molar-refractivity contribution >= 4 is 18.0 Å². The first kappa shape index (κ1) is 16.3. The van der Waals surface area contributed by atoms with Gasteiger partial charge in [-0.05, 0) is 24.7 Å². The zero-order valence-electron chi connectivity index (χ0n) is 11.6. The lowest BCUT2D eigenvalue weighted by molar-refractivity contribution is -0.140. The number of carbonyl (C=O) groups is 3. The van der Waals surface area contributed by atoms with Crippen LogP contribution in [0.25, 0.3) is 0 Å². The minimum atomic E-state index is -1.23. The Balaban J connectivity index is 2.33. The standard InChI is InChI=1S/C13H22N2O5/c1-8-3-2-4-9(8)7-14-13(20)15-10(12(18)19)5-6-11(16)17/h8-10H,2-7H2,1H3,(H,16,17)(H,18,19)(H2,14,15,20). The van der Waals surface area contributed by atoms with Crippen LogP contribution in [0.4, 0.5) is 4.79 Å². The Morgan fingerprint density at radius 3 is 2.45 bits per heavy atom. The lowest BCUT2D eigenvalue weighted by atomic mass is 9.98. The Morgan fingerprint density at radius 1 is 1.25 bits per heavy atom. The number of carbonyl (C=O) groups excluding carboxylic acids is 1. The smallest absolute Gasteiger partial charge is 0.326 e. The quantitative estimate of drug-likeness (QED) is 0.558. The van der Waals surface area contributed by atoms with Crippen LogP contribution in [0, 0.1) is 11.8 Å². The molecule has 4 N–H and O–H groups in total. The molecule has 1 saturated carbocycles. The van der Waals surface area contributed by atoms with Crippen molar-refractivity contribution in [3.05, 3.63) is 0 Å². The van der Waals surface area contributed by atoms with Crippen LogP contribution in [0.5, 0.6) is 0 Å². The fourth-order valence-corrected chi connectivity index (χ4v) is 2.48. The summed E-state index contributed by atoms with van der Waals surface area (Å²) in [4.78, 5) is 33.0. The average molecular weight is 286 g/mol. The van der Waals surface area contributed by atoms with E-state index >= 15 is 0 Å². The highest BCUT2D eigenvalue weighted by atomic mass is 16.4. The molecule has 0 aromatic heterocycles. The summed E-state index contributed by atoms with van der Waals surface area (Å²) in [7, 11) is 0.